The molecule has 5 N–H and O–H groups in total. The number of carbonyl (C=O) groups excluding carboxylic acids is 1. The first-order valence-electron chi connectivity index (χ1n) is 5.45. The Labute approximate surface area is 118 Å². The van der Waals surface area contributed by atoms with Gasteiger partial charge in [0.15, 0.2) is 0 Å². The summed E-state index contributed by atoms with van der Waals surface area (Å²) in [5, 5.41) is 0. The number of nitrogens with two attached hydrogens (primary N) is 2. The van der Waals surface area contributed by atoms with Gasteiger partial charge in [-0.3, -0.25) is 4.79 Å². The summed E-state index contributed by atoms with van der Waals surface area (Å²) in [6.45, 7) is 2.04. The van der Waals surface area contributed by atoms with Gasteiger partial charge in [-0.05, 0) is 19.4 Å². The van der Waals surface area contributed by atoms with Crippen LogP contribution in [0.5, 0.6) is 0 Å². The zero-order chi connectivity index (χ0) is 13.9. The highest BCUT2D eigenvalue weighted by molar-refractivity contribution is 7.89. The molecule has 1 heterocycles. The largest absolute Gasteiger partial charge is 0.364 e. The molecule has 0 aliphatic carbocycles. The van der Waals surface area contributed by atoms with Crippen LogP contribution in [0.1, 0.15) is 23.8 Å². The molecule has 0 saturated carbocycles. The Balaban J connectivity index is 0.00000324. The number of aryl methyl sites for hydroxylation is 1. The van der Waals surface area contributed by atoms with Gasteiger partial charge in [-0.25, -0.2) is 13.1 Å². The molecule has 0 aliphatic rings. The van der Waals surface area contributed by atoms with Crippen molar-refractivity contribution >= 4 is 28.3 Å². The van der Waals surface area contributed by atoms with Gasteiger partial charge in [0.1, 0.15) is 10.6 Å². The minimum absolute atomic E-state index is 0. The zero-order valence-electron chi connectivity index (χ0n) is 10.8. The van der Waals surface area contributed by atoms with E-state index < -0.39 is 15.9 Å². The number of hydrogen-bond donors (Lipinski definition) is 3. The predicted octanol–water partition coefficient (Wildman–Crippen LogP) is -0.439. The molecule has 1 amide bonds. The van der Waals surface area contributed by atoms with E-state index in [1.54, 1.807) is 14.0 Å². The van der Waals surface area contributed by atoms with E-state index in [1.807, 2.05) is 0 Å². The topological polar surface area (TPSA) is 120 Å². The molecule has 1 atom stereocenters. The molecule has 110 valence electrons. The molecule has 0 bridgehead atoms. The highest BCUT2D eigenvalue weighted by Crippen LogP contribution is 2.12. The summed E-state index contributed by atoms with van der Waals surface area (Å²) >= 11 is 0. The number of sulfonamides is 1. The second kappa shape index (κ2) is 6.90. The number of hydrogen-bond acceptors (Lipinski definition) is 4. The van der Waals surface area contributed by atoms with Gasteiger partial charge in [0.25, 0.3) is 5.91 Å². The average Bonchev–Trinajstić information content (AvgIpc) is 2.60. The first-order chi connectivity index (χ1) is 8.24. The summed E-state index contributed by atoms with van der Waals surface area (Å²) in [4.78, 5) is 11.1. The van der Waals surface area contributed by atoms with E-state index in [4.69, 9.17) is 11.5 Å². The fourth-order valence-electron chi connectivity index (χ4n) is 1.43. The highest BCUT2D eigenvalue weighted by Gasteiger charge is 2.18. The molecular formula is C10H19ClN4O3S. The molecule has 1 aromatic rings. The lowest BCUT2D eigenvalue weighted by molar-refractivity contribution is 0.0992. The summed E-state index contributed by atoms with van der Waals surface area (Å²) in [5.41, 5.74) is 10.8. The van der Waals surface area contributed by atoms with Crippen LogP contribution in [0.25, 0.3) is 0 Å². The summed E-state index contributed by atoms with van der Waals surface area (Å²) in [7, 11) is -2.07. The van der Waals surface area contributed by atoms with Crippen molar-refractivity contribution in [2.45, 2.75) is 24.3 Å². The molecule has 1 aromatic heterocycles. The van der Waals surface area contributed by atoms with Gasteiger partial charge in [0.05, 0.1) is 0 Å². The van der Waals surface area contributed by atoms with Crippen molar-refractivity contribution in [3.05, 3.63) is 18.0 Å². The Hall–Kier alpha value is -1.09. The quantitative estimate of drug-likeness (QED) is 0.659. The Morgan fingerprint density at radius 2 is 2.11 bits per heavy atom. The number of halogens is 1. The normalized spacial score (nSPS) is 12.8. The van der Waals surface area contributed by atoms with Crippen molar-refractivity contribution in [3.8, 4) is 0 Å². The van der Waals surface area contributed by atoms with Gasteiger partial charge in [0, 0.05) is 25.8 Å². The van der Waals surface area contributed by atoms with Crippen molar-refractivity contribution in [1.29, 1.82) is 0 Å². The number of aromatic nitrogens is 1. The second-order valence-corrected chi connectivity index (χ2v) is 5.97. The molecule has 0 saturated heterocycles. The van der Waals surface area contributed by atoms with Gasteiger partial charge >= 0.3 is 0 Å². The van der Waals surface area contributed by atoms with E-state index in [1.165, 1.54) is 16.8 Å². The number of rotatable bonds is 6. The second-order valence-electron chi connectivity index (χ2n) is 4.20. The number of nitrogens with one attached hydrogen (secondary N) is 1. The number of carbonyl (C=O) groups is 1. The van der Waals surface area contributed by atoms with Crippen LogP contribution < -0.4 is 16.2 Å². The van der Waals surface area contributed by atoms with Crippen molar-refractivity contribution in [3.63, 3.8) is 0 Å². The number of primary amides is 1. The molecule has 0 aliphatic heterocycles. The molecular weight excluding hydrogens is 292 g/mol. The average molecular weight is 311 g/mol. The van der Waals surface area contributed by atoms with Crippen LogP contribution in [0.15, 0.2) is 17.2 Å². The molecule has 7 nitrogen and oxygen atoms in total. The van der Waals surface area contributed by atoms with Crippen LogP contribution in [0.3, 0.4) is 0 Å². The summed E-state index contributed by atoms with van der Waals surface area (Å²) < 4.78 is 27.6. The third kappa shape index (κ3) is 4.83. The molecule has 0 radical (unpaired) electrons. The summed E-state index contributed by atoms with van der Waals surface area (Å²) in [6.07, 6.45) is 1.88. The smallest absolute Gasteiger partial charge is 0.265 e. The van der Waals surface area contributed by atoms with Crippen molar-refractivity contribution in [2.24, 2.45) is 18.5 Å². The predicted molar refractivity (Wildman–Crippen MR) is 74.6 cm³/mol. The van der Waals surface area contributed by atoms with Crippen molar-refractivity contribution in [2.75, 3.05) is 6.54 Å². The highest BCUT2D eigenvalue weighted by atomic mass is 35.5. The van der Waals surface area contributed by atoms with Gasteiger partial charge in [-0.1, -0.05) is 0 Å². The number of amides is 1. The van der Waals surface area contributed by atoms with Crippen LogP contribution in [-0.2, 0) is 17.1 Å². The minimum Gasteiger partial charge on any atom is -0.364 e. The van der Waals surface area contributed by atoms with Gasteiger partial charge < -0.3 is 16.0 Å². The number of nitrogens with zero attached hydrogens (tertiary/aromatic N) is 1. The fraction of sp³-hybridized carbons (Fsp3) is 0.500. The van der Waals surface area contributed by atoms with Crippen LogP contribution in [-0.4, -0.2) is 31.5 Å². The lowest BCUT2D eigenvalue weighted by Crippen LogP contribution is -2.28. The Kier molecular flexibility index (Phi) is 6.50. The maximum Gasteiger partial charge on any atom is 0.265 e. The SMILES string of the molecule is CC(N)CCNS(=O)(=O)c1cc(C(N)=O)n(C)c1.Cl. The molecule has 19 heavy (non-hydrogen) atoms. The monoisotopic (exact) mass is 310 g/mol. The van der Waals surface area contributed by atoms with Crippen LogP contribution in [0, 0.1) is 0 Å². The first-order valence-corrected chi connectivity index (χ1v) is 6.94. The summed E-state index contributed by atoms with van der Waals surface area (Å²) in [5.74, 6) is -0.672. The third-order valence-electron chi connectivity index (χ3n) is 2.43. The van der Waals surface area contributed by atoms with Crippen molar-refractivity contribution < 1.29 is 13.2 Å². The maximum absolute atomic E-state index is 11.9. The lowest BCUT2D eigenvalue weighted by Gasteiger charge is -2.06. The van der Waals surface area contributed by atoms with Crippen LogP contribution in [0.2, 0.25) is 0 Å². The standard InChI is InChI=1S/C10H18N4O3S.ClH/c1-7(11)3-4-13-18(16,17)8-5-9(10(12)15)14(2)6-8;/h5-7,13H,3-4,11H2,1-2H3,(H2,12,15);1H. The van der Waals surface area contributed by atoms with Crippen LogP contribution >= 0.6 is 12.4 Å². The Morgan fingerprint density at radius 1 is 1.53 bits per heavy atom. The Morgan fingerprint density at radius 3 is 2.53 bits per heavy atom. The van der Waals surface area contributed by atoms with Crippen molar-refractivity contribution in [1.82, 2.24) is 9.29 Å². The van der Waals surface area contributed by atoms with E-state index in [-0.39, 0.29) is 35.6 Å². The van der Waals surface area contributed by atoms with E-state index in [9.17, 15) is 13.2 Å². The molecule has 0 spiro atoms. The zero-order valence-corrected chi connectivity index (χ0v) is 12.4. The minimum atomic E-state index is -3.63. The van der Waals surface area contributed by atoms with E-state index in [2.05, 4.69) is 4.72 Å². The maximum atomic E-state index is 11.9. The first kappa shape index (κ1) is 17.9. The molecule has 0 fully saturated rings. The van der Waals surface area contributed by atoms with E-state index >= 15 is 0 Å². The Bertz CT molecular complexity index is 539. The molecule has 9 heteroatoms. The molecule has 1 unspecified atom stereocenters. The fourth-order valence-corrected chi connectivity index (χ4v) is 2.55. The van der Waals surface area contributed by atoms with Gasteiger partial charge in [-0.2, -0.15) is 0 Å². The van der Waals surface area contributed by atoms with Crippen LogP contribution in [0.4, 0.5) is 0 Å². The van der Waals surface area contributed by atoms with E-state index in [0.29, 0.717) is 6.42 Å². The third-order valence-corrected chi connectivity index (χ3v) is 3.86. The van der Waals surface area contributed by atoms with Gasteiger partial charge in [-0.15, -0.1) is 12.4 Å². The molecule has 0 aromatic carbocycles. The van der Waals surface area contributed by atoms with Gasteiger partial charge in [0.2, 0.25) is 10.0 Å². The summed E-state index contributed by atoms with van der Waals surface area (Å²) in [6, 6.07) is 1.17. The molecule has 1 rings (SSSR count). The lowest BCUT2D eigenvalue weighted by atomic mass is 10.3. The van der Waals surface area contributed by atoms with E-state index in [0.717, 1.165) is 0 Å².